The van der Waals surface area contributed by atoms with Crippen LogP contribution in [0.3, 0.4) is 0 Å². The normalized spacial score (nSPS) is 21.8. The first kappa shape index (κ1) is 13.2. The molecule has 3 heteroatoms. The zero-order valence-electron chi connectivity index (χ0n) is 12.2. The van der Waals surface area contributed by atoms with Gasteiger partial charge >= 0.3 is 0 Å². The van der Waals surface area contributed by atoms with Crippen LogP contribution < -0.4 is 5.73 Å². The molecule has 0 radical (unpaired) electrons. The molecule has 0 amide bonds. The molecule has 0 saturated heterocycles. The molecule has 1 heterocycles. The van der Waals surface area contributed by atoms with E-state index in [1.165, 1.54) is 31.2 Å². The molecule has 1 aliphatic carbocycles. The quantitative estimate of drug-likeness (QED) is 0.867. The second-order valence-corrected chi connectivity index (χ2v) is 6.68. The summed E-state index contributed by atoms with van der Waals surface area (Å²) >= 11 is 0. The minimum absolute atomic E-state index is 0.386. The Kier molecular flexibility index (Phi) is 3.28. The van der Waals surface area contributed by atoms with Crippen molar-refractivity contribution in [3.05, 3.63) is 36.0 Å². The molecule has 1 fully saturated rings. The van der Waals surface area contributed by atoms with Gasteiger partial charge in [0.25, 0.3) is 0 Å². The third-order valence-corrected chi connectivity index (χ3v) is 4.50. The van der Waals surface area contributed by atoms with E-state index in [0.717, 1.165) is 11.1 Å². The Bertz CT molecular complexity index is 583. The van der Waals surface area contributed by atoms with Crippen molar-refractivity contribution in [2.45, 2.75) is 45.4 Å². The van der Waals surface area contributed by atoms with Crippen molar-refractivity contribution in [1.82, 2.24) is 5.16 Å². The Balaban J connectivity index is 1.81. The Morgan fingerprint density at radius 2 is 2.00 bits per heavy atom. The van der Waals surface area contributed by atoms with E-state index >= 15 is 0 Å². The van der Waals surface area contributed by atoms with Gasteiger partial charge in [-0.2, -0.15) is 0 Å². The molecule has 106 valence electrons. The summed E-state index contributed by atoms with van der Waals surface area (Å²) in [5.41, 5.74) is 9.62. The zero-order valence-corrected chi connectivity index (χ0v) is 12.2. The van der Waals surface area contributed by atoms with Crippen molar-refractivity contribution in [2.24, 2.45) is 5.41 Å². The fourth-order valence-electron chi connectivity index (χ4n) is 3.38. The second kappa shape index (κ2) is 4.97. The van der Waals surface area contributed by atoms with Crippen LogP contribution in [0.5, 0.6) is 0 Å². The van der Waals surface area contributed by atoms with Crippen molar-refractivity contribution in [2.75, 3.05) is 5.73 Å². The van der Waals surface area contributed by atoms with Gasteiger partial charge in [0.15, 0.2) is 0 Å². The Morgan fingerprint density at radius 1 is 1.25 bits per heavy atom. The maximum atomic E-state index is 5.76. The van der Waals surface area contributed by atoms with Crippen molar-refractivity contribution in [1.29, 1.82) is 0 Å². The third-order valence-electron chi connectivity index (χ3n) is 4.50. The van der Waals surface area contributed by atoms with Crippen LogP contribution in [-0.2, 0) is 0 Å². The smallest absolute Gasteiger partial charge is 0.229 e. The van der Waals surface area contributed by atoms with Crippen LogP contribution in [0.2, 0.25) is 0 Å². The van der Waals surface area contributed by atoms with Gasteiger partial charge in [-0.25, -0.2) is 0 Å². The highest BCUT2D eigenvalue weighted by Gasteiger charge is 2.28. The predicted molar refractivity (Wildman–Crippen MR) is 81.3 cm³/mol. The number of anilines is 1. The van der Waals surface area contributed by atoms with Crippen LogP contribution in [0, 0.1) is 5.41 Å². The highest BCUT2D eigenvalue weighted by Crippen LogP contribution is 2.43. The van der Waals surface area contributed by atoms with Crippen LogP contribution in [0.1, 0.15) is 51.0 Å². The highest BCUT2D eigenvalue weighted by atomic mass is 16.5. The first-order chi connectivity index (χ1) is 9.55. The lowest BCUT2D eigenvalue weighted by Crippen LogP contribution is -2.21. The molecular weight excluding hydrogens is 248 g/mol. The van der Waals surface area contributed by atoms with Gasteiger partial charge in [-0.05, 0) is 41.7 Å². The number of benzene rings is 1. The monoisotopic (exact) mass is 270 g/mol. The first-order valence-corrected chi connectivity index (χ1v) is 7.36. The van der Waals surface area contributed by atoms with Crippen LogP contribution in [0.15, 0.2) is 35.0 Å². The molecule has 3 rings (SSSR count). The van der Waals surface area contributed by atoms with Crippen molar-refractivity contribution >= 4 is 5.88 Å². The summed E-state index contributed by atoms with van der Waals surface area (Å²) < 4.78 is 4.92. The highest BCUT2D eigenvalue weighted by molar-refractivity contribution is 5.71. The lowest BCUT2D eigenvalue weighted by Gasteiger charge is -2.35. The number of hydrogen-bond acceptors (Lipinski definition) is 3. The summed E-state index contributed by atoms with van der Waals surface area (Å²) in [5.74, 6) is 1.07. The average Bonchev–Trinajstić information content (AvgIpc) is 2.84. The fourth-order valence-corrected chi connectivity index (χ4v) is 3.38. The van der Waals surface area contributed by atoms with E-state index in [1.54, 1.807) is 6.20 Å². The predicted octanol–water partition coefficient (Wildman–Crippen LogP) is 4.61. The zero-order chi connectivity index (χ0) is 14.2. The molecule has 2 aromatic rings. The van der Waals surface area contributed by atoms with Gasteiger partial charge < -0.3 is 10.3 Å². The Labute approximate surface area is 120 Å². The molecule has 1 unspecified atom stereocenters. The van der Waals surface area contributed by atoms with Gasteiger partial charge in [-0.1, -0.05) is 49.7 Å². The largest absolute Gasteiger partial charge is 0.367 e. The van der Waals surface area contributed by atoms with Gasteiger partial charge in [-0.15, -0.1) is 0 Å². The summed E-state index contributed by atoms with van der Waals surface area (Å²) in [4.78, 5) is 0. The van der Waals surface area contributed by atoms with Crippen molar-refractivity contribution in [3.8, 4) is 11.1 Å². The van der Waals surface area contributed by atoms with E-state index in [0.29, 0.717) is 17.2 Å². The maximum Gasteiger partial charge on any atom is 0.229 e. The molecule has 0 spiro atoms. The van der Waals surface area contributed by atoms with E-state index in [-0.39, 0.29) is 0 Å². The van der Waals surface area contributed by atoms with E-state index < -0.39 is 0 Å². The molecule has 0 aliphatic heterocycles. The summed E-state index contributed by atoms with van der Waals surface area (Å²) in [7, 11) is 0. The van der Waals surface area contributed by atoms with Crippen LogP contribution >= 0.6 is 0 Å². The molecule has 2 N–H and O–H groups in total. The number of nitrogen functional groups attached to an aromatic ring is 1. The molecular formula is C17H22N2O. The number of hydrogen-bond donors (Lipinski definition) is 1. The molecule has 0 bridgehead atoms. The van der Waals surface area contributed by atoms with E-state index in [9.17, 15) is 0 Å². The summed E-state index contributed by atoms with van der Waals surface area (Å²) in [6, 6.07) is 8.71. The van der Waals surface area contributed by atoms with Gasteiger partial charge in [0.1, 0.15) is 0 Å². The first-order valence-electron chi connectivity index (χ1n) is 7.36. The molecule has 20 heavy (non-hydrogen) atoms. The van der Waals surface area contributed by atoms with Gasteiger partial charge in [0.05, 0.1) is 11.8 Å². The molecule has 1 saturated carbocycles. The lowest BCUT2D eigenvalue weighted by molar-refractivity contribution is 0.219. The van der Waals surface area contributed by atoms with Crippen molar-refractivity contribution in [3.63, 3.8) is 0 Å². The van der Waals surface area contributed by atoms with Crippen molar-refractivity contribution < 1.29 is 4.52 Å². The number of rotatable bonds is 2. The molecule has 1 atom stereocenters. The molecule has 1 aliphatic rings. The second-order valence-electron chi connectivity index (χ2n) is 6.68. The van der Waals surface area contributed by atoms with E-state index in [2.05, 4.69) is 43.3 Å². The number of nitrogens with two attached hydrogens (primary N) is 1. The van der Waals surface area contributed by atoms with Crippen LogP contribution in [-0.4, -0.2) is 5.16 Å². The minimum Gasteiger partial charge on any atom is -0.367 e. The summed E-state index contributed by atoms with van der Waals surface area (Å²) in [5, 5.41) is 3.73. The summed E-state index contributed by atoms with van der Waals surface area (Å²) in [6.07, 6.45) is 6.94. The number of nitrogens with zero attached hydrogens (tertiary/aromatic N) is 1. The maximum absolute atomic E-state index is 5.76. The van der Waals surface area contributed by atoms with Gasteiger partial charge in [-0.3, -0.25) is 0 Å². The molecule has 3 nitrogen and oxygen atoms in total. The topological polar surface area (TPSA) is 52.0 Å². The standard InChI is InChI=1S/C17H22N2O/c1-17(2)9-3-4-14(10-17)12-5-7-13(8-6-12)15-11-19-20-16(15)18/h5-8,11,14H,3-4,9-10,18H2,1-2H3. The fraction of sp³-hybridized carbons (Fsp3) is 0.471. The van der Waals surface area contributed by atoms with Gasteiger partial charge in [0.2, 0.25) is 5.88 Å². The molecule has 1 aromatic heterocycles. The number of aromatic nitrogens is 1. The summed E-state index contributed by atoms with van der Waals surface area (Å²) in [6.45, 7) is 4.76. The van der Waals surface area contributed by atoms with Crippen LogP contribution in [0.25, 0.3) is 11.1 Å². The van der Waals surface area contributed by atoms with Gasteiger partial charge in [0, 0.05) is 0 Å². The lowest BCUT2D eigenvalue weighted by atomic mass is 9.70. The molecule has 1 aromatic carbocycles. The van der Waals surface area contributed by atoms with E-state index in [4.69, 9.17) is 10.3 Å². The Hall–Kier alpha value is -1.77. The van der Waals surface area contributed by atoms with E-state index in [1.807, 2.05) is 0 Å². The Morgan fingerprint density at radius 3 is 2.60 bits per heavy atom. The van der Waals surface area contributed by atoms with Crippen LogP contribution in [0.4, 0.5) is 5.88 Å². The average molecular weight is 270 g/mol. The minimum atomic E-state index is 0.386. The third kappa shape index (κ3) is 2.58. The SMILES string of the molecule is CC1(C)CCCC(c2ccc(-c3cnoc3N)cc2)C1.